The van der Waals surface area contributed by atoms with Crippen molar-refractivity contribution < 1.29 is 19.0 Å². The van der Waals surface area contributed by atoms with Crippen LogP contribution >= 0.6 is 0 Å². The zero-order valence-electron chi connectivity index (χ0n) is 25.1. The lowest BCUT2D eigenvalue weighted by Crippen LogP contribution is -2.33. The van der Waals surface area contributed by atoms with Crippen molar-refractivity contribution in [3.63, 3.8) is 0 Å². The molecule has 1 fully saturated rings. The lowest BCUT2D eigenvalue weighted by molar-refractivity contribution is -0.0592. The van der Waals surface area contributed by atoms with Gasteiger partial charge in [-0.15, -0.1) is 0 Å². The molecule has 0 spiro atoms. The van der Waals surface area contributed by atoms with Gasteiger partial charge in [-0.2, -0.15) is 0 Å². The van der Waals surface area contributed by atoms with E-state index in [1.807, 2.05) is 54.3 Å². The van der Waals surface area contributed by atoms with Crippen molar-refractivity contribution in [1.29, 1.82) is 0 Å². The molecule has 5 aromatic rings. The highest BCUT2D eigenvalue weighted by molar-refractivity contribution is 5.93. The molecule has 226 valence electrons. The molecule has 3 aromatic heterocycles. The number of fused-ring (bicyclic) bond motifs is 2. The topological polar surface area (TPSA) is 96.5 Å². The summed E-state index contributed by atoms with van der Waals surface area (Å²) < 4.78 is 21.1. The molecule has 1 saturated heterocycles. The molecule has 10 heteroatoms. The van der Waals surface area contributed by atoms with Crippen molar-refractivity contribution in [3.05, 3.63) is 89.6 Å². The summed E-state index contributed by atoms with van der Waals surface area (Å²) in [7, 11) is 3.40. The van der Waals surface area contributed by atoms with Gasteiger partial charge in [-0.05, 0) is 66.8 Å². The molecule has 2 aromatic carbocycles. The van der Waals surface area contributed by atoms with Gasteiger partial charge in [-0.3, -0.25) is 4.90 Å². The number of carbonyl (C=O) groups excluding carboxylic acids is 1. The Morgan fingerprint density at radius 1 is 1.05 bits per heavy atom. The number of aromatic nitrogens is 5. The maximum absolute atomic E-state index is 12.2. The summed E-state index contributed by atoms with van der Waals surface area (Å²) >= 11 is 0. The molecule has 0 amide bonds. The number of esters is 1. The first kappa shape index (κ1) is 28.2. The van der Waals surface area contributed by atoms with E-state index >= 15 is 0 Å². The molecule has 2 aliphatic heterocycles. The van der Waals surface area contributed by atoms with Gasteiger partial charge < -0.3 is 23.3 Å². The van der Waals surface area contributed by atoms with Crippen molar-refractivity contribution >= 4 is 33.6 Å². The molecule has 0 saturated carbocycles. The second-order valence-electron chi connectivity index (χ2n) is 11.5. The van der Waals surface area contributed by atoms with Gasteiger partial charge in [0, 0.05) is 32.8 Å². The van der Waals surface area contributed by atoms with E-state index in [1.165, 1.54) is 12.7 Å². The molecule has 0 bridgehead atoms. The number of pyridine rings is 1. The number of benzene rings is 2. The fourth-order valence-corrected chi connectivity index (χ4v) is 5.97. The van der Waals surface area contributed by atoms with E-state index in [9.17, 15) is 4.79 Å². The predicted octanol–water partition coefficient (Wildman–Crippen LogP) is 5.15. The number of hydrogen-bond acceptors (Lipinski definition) is 8. The summed E-state index contributed by atoms with van der Waals surface area (Å²) in [5.74, 6) is 1.26. The Labute approximate surface area is 255 Å². The number of ether oxygens (including phenoxy) is 3. The van der Waals surface area contributed by atoms with Crippen molar-refractivity contribution in [2.75, 3.05) is 26.8 Å². The summed E-state index contributed by atoms with van der Waals surface area (Å²) in [5.41, 5.74) is 7.66. The highest BCUT2D eigenvalue weighted by Gasteiger charge is 2.24. The average Bonchev–Trinajstić information content (AvgIpc) is 3.46. The van der Waals surface area contributed by atoms with E-state index in [0.717, 1.165) is 84.7 Å². The van der Waals surface area contributed by atoms with Crippen LogP contribution < -0.4 is 4.74 Å². The number of imidazole rings is 2. The van der Waals surface area contributed by atoms with Crippen molar-refractivity contribution in [3.8, 4) is 5.88 Å². The Balaban J connectivity index is 1.03. The van der Waals surface area contributed by atoms with Crippen LogP contribution in [0.2, 0.25) is 0 Å². The minimum atomic E-state index is -0.346. The quantitative estimate of drug-likeness (QED) is 0.217. The zero-order valence-corrected chi connectivity index (χ0v) is 25.1. The Hall–Kier alpha value is -4.54. The van der Waals surface area contributed by atoms with E-state index in [1.54, 1.807) is 6.07 Å². The van der Waals surface area contributed by atoms with Crippen LogP contribution in [-0.4, -0.2) is 67.9 Å². The highest BCUT2D eigenvalue weighted by atomic mass is 16.5. The van der Waals surface area contributed by atoms with E-state index in [4.69, 9.17) is 24.2 Å². The van der Waals surface area contributed by atoms with Crippen LogP contribution in [0.3, 0.4) is 0 Å². The van der Waals surface area contributed by atoms with E-state index in [2.05, 4.69) is 32.7 Å². The molecule has 0 aliphatic carbocycles. The molecule has 7 rings (SSSR count). The third kappa shape index (κ3) is 5.82. The molecule has 1 unspecified atom stereocenters. The Kier molecular flexibility index (Phi) is 7.84. The number of hydrogen-bond donors (Lipinski definition) is 0. The summed E-state index contributed by atoms with van der Waals surface area (Å²) in [6.07, 6.45) is 7.13. The number of nitrogens with zero attached hydrogens (tertiary/aromatic N) is 6. The van der Waals surface area contributed by atoms with E-state index in [-0.39, 0.29) is 12.1 Å². The van der Waals surface area contributed by atoms with Gasteiger partial charge in [0.05, 0.1) is 66.0 Å². The summed E-state index contributed by atoms with van der Waals surface area (Å²) in [5, 5.41) is 0. The van der Waals surface area contributed by atoms with Gasteiger partial charge in [0.1, 0.15) is 12.4 Å². The molecule has 44 heavy (non-hydrogen) atoms. The van der Waals surface area contributed by atoms with Crippen molar-refractivity contribution in [1.82, 2.24) is 29.0 Å². The second kappa shape index (κ2) is 12.2. The van der Waals surface area contributed by atoms with Crippen molar-refractivity contribution in [2.45, 2.75) is 45.1 Å². The molecule has 10 nitrogen and oxygen atoms in total. The van der Waals surface area contributed by atoms with Crippen molar-refractivity contribution in [2.24, 2.45) is 7.05 Å². The predicted molar refractivity (Wildman–Crippen MR) is 167 cm³/mol. The third-order valence-corrected chi connectivity index (χ3v) is 8.56. The maximum Gasteiger partial charge on any atom is 0.337 e. The molecular weight excluding hydrogens is 556 g/mol. The number of carbonyl (C=O) groups is 1. The first-order valence-corrected chi connectivity index (χ1v) is 15.1. The summed E-state index contributed by atoms with van der Waals surface area (Å²) in [6.45, 7) is 4.49. The summed E-state index contributed by atoms with van der Waals surface area (Å²) in [6, 6.07) is 17.7. The normalized spacial score (nSPS) is 17.3. The first-order valence-electron chi connectivity index (χ1n) is 15.1. The van der Waals surface area contributed by atoms with Crippen LogP contribution in [-0.2, 0) is 36.2 Å². The molecule has 0 radical (unpaired) electrons. The van der Waals surface area contributed by atoms with Gasteiger partial charge in [-0.25, -0.2) is 19.7 Å². The van der Waals surface area contributed by atoms with Gasteiger partial charge in [0.15, 0.2) is 0 Å². The standard InChI is InChI=1S/C34H36N6O4/c1-38-22-35-28-10-8-23(17-30(28)38)21-44-33-7-3-6-27(37-33)24-5-4-14-39(15-12-24)20-32-36-29-11-9-25(34(41)42-2)18-31(29)40(32)19-26-13-16-43-26/h3,5-11,17-18,22,26H,4,12-16,19-21H2,1-2H3. The minimum absolute atomic E-state index is 0.170. The number of methoxy groups -OCH3 is 1. The van der Waals surface area contributed by atoms with Gasteiger partial charge in [-0.1, -0.05) is 18.2 Å². The third-order valence-electron chi connectivity index (χ3n) is 8.56. The van der Waals surface area contributed by atoms with Gasteiger partial charge >= 0.3 is 5.97 Å². The van der Waals surface area contributed by atoms with E-state index < -0.39 is 0 Å². The van der Waals surface area contributed by atoms with Gasteiger partial charge in [0.25, 0.3) is 0 Å². The Bertz CT molecular complexity index is 1850. The number of aryl methyl sites for hydroxylation is 1. The Morgan fingerprint density at radius 3 is 2.77 bits per heavy atom. The average molecular weight is 593 g/mol. The molecule has 5 heterocycles. The minimum Gasteiger partial charge on any atom is -0.473 e. The molecular formula is C34H36N6O4. The van der Waals surface area contributed by atoms with Crippen LogP contribution in [0.15, 0.2) is 67.0 Å². The van der Waals surface area contributed by atoms with Crippen LogP contribution in [0.5, 0.6) is 5.88 Å². The smallest absolute Gasteiger partial charge is 0.337 e. The fourth-order valence-electron chi connectivity index (χ4n) is 5.97. The first-order chi connectivity index (χ1) is 21.5. The molecule has 1 atom stereocenters. The zero-order chi connectivity index (χ0) is 30.0. The monoisotopic (exact) mass is 592 g/mol. The van der Waals surface area contributed by atoms with Crippen LogP contribution in [0.25, 0.3) is 27.6 Å². The SMILES string of the molecule is COC(=O)c1ccc2nc(CN3CCC=C(c4cccc(OCc5ccc6ncn(C)c6c5)n4)CC3)n(CC3CCO3)c2c1. The molecule has 0 N–H and O–H groups in total. The number of rotatable bonds is 9. The van der Waals surface area contributed by atoms with E-state index in [0.29, 0.717) is 24.6 Å². The lowest BCUT2D eigenvalue weighted by Gasteiger charge is -2.28. The fraction of sp³-hybridized carbons (Fsp3) is 0.353. The van der Waals surface area contributed by atoms with Crippen LogP contribution in [0.4, 0.5) is 0 Å². The largest absolute Gasteiger partial charge is 0.473 e. The lowest BCUT2D eigenvalue weighted by atomic mass is 10.1. The highest BCUT2D eigenvalue weighted by Crippen LogP contribution is 2.27. The summed E-state index contributed by atoms with van der Waals surface area (Å²) in [4.78, 5) is 28.9. The molecule has 2 aliphatic rings. The second-order valence-corrected chi connectivity index (χ2v) is 11.5. The van der Waals surface area contributed by atoms with Crippen LogP contribution in [0.1, 0.15) is 46.7 Å². The van der Waals surface area contributed by atoms with Gasteiger partial charge in [0.2, 0.25) is 5.88 Å². The Morgan fingerprint density at radius 2 is 1.93 bits per heavy atom. The van der Waals surface area contributed by atoms with Crippen LogP contribution in [0, 0.1) is 0 Å². The maximum atomic E-state index is 12.2.